The number of hydrogen-bond donors (Lipinski definition) is 0. The Morgan fingerprint density at radius 1 is 0.303 bits per heavy atom. The van der Waals surface area contributed by atoms with Crippen LogP contribution in [-0.4, -0.2) is 0 Å². The molecule has 4 aromatic carbocycles. The fraction of sp³-hybridized carbons (Fsp3) is 0.273. The molecule has 0 heterocycles. The largest absolute Gasteiger partial charge is 0.0620 e. The first-order valence-corrected chi connectivity index (χ1v) is 12.9. The fourth-order valence-corrected chi connectivity index (χ4v) is 9.67. The van der Waals surface area contributed by atoms with Gasteiger partial charge in [0, 0.05) is 35.5 Å². The number of fused-ring (bicyclic) bond motifs is 27. The second kappa shape index (κ2) is 5.17. The van der Waals surface area contributed by atoms with Gasteiger partial charge in [-0.25, -0.2) is 0 Å². The van der Waals surface area contributed by atoms with Crippen molar-refractivity contribution in [1.82, 2.24) is 0 Å². The van der Waals surface area contributed by atoms with E-state index in [1.54, 1.807) is 66.8 Å². The SMILES string of the molecule is c1ccc2c(c1)C1CC2c2c1c1c(c3c2C2CC3c3ccccc32)C2CC1c1ccccc12. The molecule has 6 aliphatic carbocycles. The summed E-state index contributed by atoms with van der Waals surface area (Å²) in [5.74, 6) is 3.76. The lowest BCUT2D eigenvalue weighted by atomic mass is 9.69. The summed E-state index contributed by atoms with van der Waals surface area (Å²) in [4.78, 5) is 0. The van der Waals surface area contributed by atoms with Crippen molar-refractivity contribution in [3.63, 3.8) is 0 Å². The van der Waals surface area contributed by atoms with Crippen LogP contribution >= 0.6 is 0 Å². The van der Waals surface area contributed by atoms with Gasteiger partial charge in [-0.15, -0.1) is 0 Å². The normalized spacial score (nSPS) is 31.3. The molecule has 156 valence electrons. The zero-order chi connectivity index (χ0) is 21.0. The standard InChI is InChI=1S/C33H24/c1-2-8-17-16(7-1)22-13-23(17)29-28(22)30-24-14-26(19-10-4-3-9-18(19)24)32(30)33-27-15-25(31(29)33)20-11-5-6-12-21(20)27/h1-12,22-27H,13-15H2. The molecule has 6 bridgehead atoms. The molecule has 0 heteroatoms. The predicted molar refractivity (Wildman–Crippen MR) is 131 cm³/mol. The highest BCUT2D eigenvalue weighted by Gasteiger charge is 2.56. The van der Waals surface area contributed by atoms with Gasteiger partial charge in [0.15, 0.2) is 0 Å². The maximum atomic E-state index is 2.44. The Morgan fingerprint density at radius 3 is 0.667 bits per heavy atom. The molecule has 6 atom stereocenters. The van der Waals surface area contributed by atoms with Crippen LogP contribution < -0.4 is 0 Å². The van der Waals surface area contributed by atoms with E-state index in [-0.39, 0.29) is 0 Å². The van der Waals surface area contributed by atoms with Gasteiger partial charge in [-0.3, -0.25) is 0 Å². The Balaban J connectivity index is 1.34. The Hall–Kier alpha value is -3.12. The van der Waals surface area contributed by atoms with Gasteiger partial charge in [0.05, 0.1) is 0 Å². The second-order valence-electron chi connectivity index (χ2n) is 11.4. The quantitative estimate of drug-likeness (QED) is 0.274. The van der Waals surface area contributed by atoms with Gasteiger partial charge in [-0.05, 0) is 86.0 Å². The van der Waals surface area contributed by atoms with E-state index in [0.717, 1.165) is 0 Å². The average Bonchev–Trinajstić information content (AvgIpc) is 3.70. The first-order valence-electron chi connectivity index (χ1n) is 12.9. The van der Waals surface area contributed by atoms with E-state index < -0.39 is 0 Å². The van der Waals surface area contributed by atoms with Crippen LogP contribution in [0.15, 0.2) is 72.8 Å². The molecule has 0 spiro atoms. The highest BCUT2D eigenvalue weighted by atomic mass is 14.6. The summed E-state index contributed by atoms with van der Waals surface area (Å²) < 4.78 is 0. The van der Waals surface area contributed by atoms with E-state index in [2.05, 4.69) is 72.8 Å². The molecule has 10 rings (SSSR count). The molecule has 0 saturated carbocycles. The third kappa shape index (κ3) is 1.61. The van der Waals surface area contributed by atoms with Crippen molar-refractivity contribution in [2.24, 2.45) is 0 Å². The first kappa shape index (κ1) is 16.5. The molecule has 0 nitrogen and oxygen atoms in total. The summed E-state index contributed by atoms with van der Waals surface area (Å²) in [5.41, 5.74) is 20.6. The Labute approximate surface area is 194 Å². The van der Waals surface area contributed by atoms with Crippen LogP contribution in [0, 0.1) is 0 Å². The van der Waals surface area contributed by atoms with E-state index in [1.165, 1.54) is 19.3 Å². The summed E-state index contributed by atoms with van der Waals surface area (Å²) in [6, 6.07) is 28.2. The van der Waals surface area contributed by atoms with Crippen LogP contribution in [0.1, 0.15) is 122 Å². The first-order chi connectivity index (χ1) is 16.4. The van der Waals surface area contributed by atoms with E-state index in [1.807, 2.05) is 0 Å². The van der Waals surface area contributed by atoms with Crippen molar-refractivity contribution >= 4 is 0 Å². The molecule has 6 unspecified atom stereocenters. The highest BCUT2D eigenvalue weighted by Crippen LogP contribution is 2.71. The number of rotatable bonds is 0. The highest BCUT2D eigenvalue weighted by molar-refractivity contribution is 5.77. The van der Waals surface area contributed by atoms with Crippen molar-refractivity contribution < 1.29 is 0 Å². The van der Waals surface area contributed by atoms with Crippen molar-refractivity contribution in [3.8, 4) is 0 Å². The summed E-state index contributed by atoms with van der Waals surface area (Å²) in [6.45, 7) is 0. The van der Waals surface area contributed by atoms with Gasteiger partial charge in [0.1, 0.15) is 0 Å². The maximum absolute atomic E-state index is 2.44. The van der Waals surface area contributed by atoms with Crippen LogP contribution in [0.2, 0.25) is 0 Å². The summed E-state index contributed by atoms with van der Waals surface area (Å²) in [7, 11) is 0. The molecule has 0 fully saturated rings. The van der Waals surface area contributed by atoms with Crippen molar-refractivity contribution in [1.29, 1.82) is 0 Å². The molecule has 0 amide bonds. The third-order valence-corrected chi connectivity index (χ3v) is 10.5. The minimum absolute atomic E-state index is 0.626. The molecule has 0 N–H and O–H groups in total. The van der Waals surface area contributed by atoms with Gasteiger partial charge in [0.25, 0.3) is 0 Å². The Bertz CT molecular complexity index is 1260. The molecule has 0 saturated heterocycles. The molecule has 33 heavy (non-hydrogen) atoms. The fourth-order valence-electron chi connectivity index (χ4n) is 9.67. The van der Waals surface area contributed by atoms with E-state index in [0.29, 0.717) is 35.5 Å². The molecule has 0 radical (unpaired) electrons. The van der Waals surface area contributed by atoms with Gasteiger partial charge in [-0.2, -0.15) is 0 Å². The van der Waals surface area contributed by atoms with E-state index >= 15 is 0 Å². The van der Waals surface area contributed by atoms with E-state index in [9.17, 15) is 0 Å². The zero-order valence-electron chi connectivity index (χ0n) is 18.5. The number of hydrogen-bond acceptors (Lipinski definition) is 0. The molecule has 4 aromatic rings. The summed E-state index contributed by atoms with van der Waals surface area (Å²) >= 11 is 0. The van der Waals surface area contributed by atoms with Crippen LogP contribution in [0.3, 0.4) is 0 Å². The van der Waals surface area contributed by atoms with Crippen LogP contribution in [-0.2, 0) is 0 Å². The minimum Gasteiger partial charge on any atom is -0.0620 e. The zero-order valence-corrected chi connectivity index (χ0v) is 18.5. The van der Waals surface area contributed by atoms with Crippen LogP contribution in [0.25, 0.3) is 0 Å². The van der Waals surface area contributed by atoms with Crippen molar-refractivity contribution in [2.45, 2.75) is 54.8 Å². The van der Waals surface area contributed by atoms with E-state index in [4.69, 9.17) is 0 Å². The second-order valence-corrected chi connectivity index (χ2v) is 11.4. The molecular formula is C33H24. The number of benzene rings is 4. The van der Waals surface area contributed by atoms with Crippen molar-refractivity contribution in [2.75, 3.05) is 0 Å². The lowest BCUT2D eigenvalue weighted by Gasteiger charge is -2.34. The third-order valence-electron chi connectivity index (χ3n) is 10.5. The average molecular weight is 421 g/mol. The van der Waals surface area contributed by atoms with Gasteiger partial charge in [0.2, 0.25) is 0 Å². The maximum Gasteiger partial charge on any atom is 0.0107 e. The van der Waals surface area contributed by atoms with Crippen molar-refractivity contribution in [3.05, 3.63) is 140 Å². The predicted octanol–water partition coefficient (Wildman–Crippen LogP) is 7.63. The molecule has 6 aliphatic rings. The van der Waals surface area contributed by atoms with Gasteiger partial charge < -0.3 is 0 Å². The summed E-state index contributed by atoms with van der Waals surface area (Å²) in [6.07, 6.45) is 3.95. The van der Waals surface area contributed by atoms with Gasteiger partial charge >= 0.3 is 0 Å². The lowest BCUT2D eigenvalue weighted by molar-refractivity contribution is 0.769. The minimum atomic E-state index is 0.626. The molecular weight excluding hydrogens is 396 g/mol. The monoisotopic (exact) mass is 420 g/mol. The summed E-state index contributed by atoms with van der Waals surface area (Å²) in [5, 5.41) is 0. The smallest absolute Gasteiger partial charge is 0.0107 e. The topological polar surface area (TPSA) is 0 Å². The van der Waals surface area contributed by atoms with Crippen LogP contribution in [0.4, 0.5) is 0 Å². The van der Waals surface area contributed by atoms with Gasteiger partial charge in [-0.1, -0.05) is 72.8 Å². The molecule has 0 aromatic heterocycles. The van der Waals surface area contributed by atoms with Crippen LogP contribution in [0.5, 0.6) is 0 Å². The Morgan fingerprint density at radius 2 is 0.485 bits per heavy atom. The Kier molecular flexibility index (Phi) is 2.58. The molecule has 0 aliphatic heterocycles. The lowest BCUT2D eigenvalue weighted by Crippen LogP contribution is -2.19.